The average molecular weight is 210 g/mol. The third-order valence-corrected chi connectivity index (χ3v) is 2.30. The Morgan fingerprint density at radius 1 is 1.40 bits per heavy atom. The highest BCUT2D eigenvalue weighted by atomic mass is 16.1. The molecule has 0 fully saturated rings. The minimum Gasteiger partial charge on any atom is -0.356 e. The number of nitrogens with two attached hydrogens (primary N) is 1. The maximum atomic E-state index is 11.7. The standard InChI is InChI=1S/C12H22N2O/c1-4-6-11(7-5-2)12(15)14-9-10(3)8-13/h4-5,10-11H,1-2,6-9,13H2,3H3,(H,14,15). The van der Waals surface area contributed by atoms with Crippen LogP contribution in [0.25, 0.3) is 0 Å². The van der Waals surface area contributed by atoms with E-state index in [2.05, 4.69) is 18.5 Å². The van der Waals surface area contributed by atoms with Crippen molar-refractivity contribution in [2.45, 2.75) is 19.8 Å². The quantitative estimate of drug-likeness (QED) is 0.596. The van der Waals surface area contributed by atoms with Crippen LogP contribution in [0, 0.1) is 11.8 Å². The summed E-state index contributed by atoms with van der Waals surface area (Å²) in [5.41, 5.74) is 5.47. The van der Waals surface area contributed by atoms with E-state index in [-0.39, 0.29) is 11.8 Å². The van der Waals surface area contributed by atoms with Crippen LogP contribution in [0.3, 0.4) is 0 Å². The van der Waals surface area contributed by atoms with Crippen molar-refractivity contribution in [2.24, 2.45) is 17.6 Å². The molecule has 0 aliphatic rings. The van der Waals surface area contributed by atoms with Crippen LogP contribution in [0.5, 0.6) is 0 Å². The summed E-state index contributed by atoms with van der Waals surface area (Å²) in [7, 11) is 0. The van der Waals surface area contributed by atoms with Gasteiger partial charge in [0.15, 0.2) is 0 Å². The van der Waals surface area contributed by atoms with Crippen molar-refractivity contribution >= 4 is 5.91 Å². The molecule has 3 nitrogen and oxygen atoms in total. The van der Waals surface area contributed by atoms with Crippen molar-refractivity contribution in [3.63, 3.8) is 0 Å². The predicted octanol–water partition coefficient (Wildman–Crippen LogP) is 1.47. The Balaban J connectivity index is 4.01. The number of carbonyl (C=O) groups is 1. The summed E-state index contributed by atoms with van der Waals surface area (Å²) >= 11 is 0. The van der Waals surface area contributed by atoms with Gasteiger partial charge in [-0.3, -0.25) is 4.79 Å². The average Bonchev–Trinajstić information content (AvgIpc) is 2.25. The van der Waals surface area contributed by atoms with Crippen LogP contribution in [0.2, 0.25) is 0 Å². The first-order valence-electron chi connectivity index (χ1n) is 5.35. The lowest BCUT2D eigenvalue weighted by Gasteiger charge is -2.15. The molecular formula is C12H22N2O. The van der Waals surface area contributed by atoms with E-state index in [1.165, 1.54) is 0 Å². The minimum atomic E-state index is -0.0371. The zero-order valence-electron chi connectivity index (χ0n) is 9.54. The molecular weight excluding hydrogens is 188 g/mol. The Kier molecular flexibility index (Phi) is 7.64. The van der Waals surface area contributed by atoms with E-state index in [1.54, 1.807) is 12.2 Å². The second-order valence-electron chi connectivity index (χ2n) is 3.83. The van der Waals surface area contributed by atoms with Crippen molar-refractivity contribution < 1.29 is 4.79 Å². The van der Waals surface area contributed by atoms with Crippen molar-refractivity contribution in [1.82, 2.24) is 5.32 Å². The Morgan fingerprint density at radius 2 is 1.93 bits per heavy atom. The molecule has 0 rings (SSSR count). The Bertz CT molecular complexity index is 204. The van der Waals surface area contributed by atoms with Crippen LogP contribution >= 0.6 is 0 Å². The first-order valence-corrected chi connectivity index (χ1v) is 5.35. The molecule has 0 aliphatic carbocycles. The zero-order valence-corrected chi connectivity index (χ0v) is 9.54. The maximum Gasteiger partial charge on any atom is 0.223 e. The summed E-state index contributed by atoms with van der Waals surface area (Å²) < 4.78 is 0. The van der Waals surface area contributed by atoms with Crippen molar-refractivity contribution in [3.05, 3.63) is 25.3 Å². The molecule has 0 aromatic carbocycles. The molecule has 0 radical (unpaired) electrons. The highest BCUT2D eigenvalue weighted by Crippen LogP contribution is 2.09. The summed E-state index contributed by atoms with van der Waals surface area (Å²) in [6.07, 6.45) is 4.91. The molecule has 0 aliphatic heterocycles. The summed E-state index contributed by atoms with van der Waals surface area (Å²) in [5, 5.41) is 2.89. The SMILES string of the molecule is C=CCC(CC=C)C(=O)NCC(C)CN. The summed E-state index contributed by atoms with van der Waals surface area (Å²) in [5.74, 6) is 0.349. The topological polar surface area (TPSA) is 55.1 Å². The van der Waals surface area contributed by atoms with Crippen LogP contribution in [0.15, 0.2) is 25.3 Å². The molecule has 3 heteroatoms. The van der Waals surface area contributed by atoms with Gasteiger partial charge in [-0.1, -0.05) is 19.1 Å². The molecule has 15 heavy (non-hydrogen) atoms. The fourth-order valence-electron chi connectivity index (χ4n) is 1.22. The second kappa shape index (κ2) is 8.24. The monoisotopic (exact) mass is 210 g/mol. The van der Waals surface area contributed by atoms with Gasteiger partial charge in [-0.2, -0.15) is 0 Å². The maximum absolute atomic E-state index is 11.7. The van der Waals surface area contributed by atoms with Crippen LogP contribution in [-0.4, -0.2) is 19.0 Å². The lowest BCUT2D eigenvalue weighted by Crippen LogP contribution is -2.35. The van der Waals surface area contributed by atoms with E-state index >= 15 is 0 Å². The van der Waals surface area contributed by atoms with Gasteiger partial charge >= 0.3 is 0 Å². The van der Waals surface area contributed by atoms with E-state index in [0.717, 1.165) is 0 Å². The number of allylic oxidation sites excluding steroid dienone is 2. The van der Waals surface area contributed by atoms with Gasteiger partial charge < -0.3 is 11.1 Å². The lowest BCUT2D eigenvalue weighted by atomic mass is 10.00. The molecule has 0 spiro atoms. The Morgan fingerprint density at radius 3 is 2.33 bits per heavy atom. The van der Waals surface area contributed by atoms with Gasteiger partial charge in [0.05, 0.1) is 0 Å². The normalized spacial score (nSPS) is 12.2. The molecule has 0 saturated heterocycles. The molecule has 1 unspecified atom stereocenters. The molecule has 0 aromatic rings. The van der Waals surface area contributed by atoms with Crippen LogP contribution in [0.1, 0.15) is 19.8 Å². The fraction of sp³-hybridized carbons (Fsp3) is 0.583. The largest absolute Gasteiger partial charge is 0.356 e. The zero-order chi connectivity index (χ0) is 11.7. The first kappa shape index (κ1) is 13.9. The third-order valence-electron chi connectivity index (χ3n) is 2.30. The van der Waals surface area contributed by atoms with E-state index in [4.69, 9.17) is 5.73 Å². The second-order valence-corrected chi connectivity index (χ2v) is 3.83. The van der Waals surface area contributed by atoms with Crippen molar-refractivity contribution in [3.8, 4) is 0 Å². The molecule has 1 atom stereocenters. The van der Waals surface area contributed by atoms with Crippen LogP contribution < -0.4 is 11.1 Å². The number of hydrogen-bond donors (Lipinski definition) is 2. The van der Waals surface area contributed by atoms with E-state index in [0.29, 0.717) is 31.8 Å². The molecule has 0 heterocycles. The number of hydrogen-bond acceptors (Lipinski definition) is 2. The van der Waals surface area contributed by atoms with Crippen molar-refractivity contribution in [2.75, 3.05) is 13.1 Å². The smallest absolute Gasteiger partial charge is 0.223 e. The van der Waals surface area contributed by atoms with E-state index in [9.17, 15) is 4.79 Å². The Hall–Kier alpha value is -1.09. The Labute approximate surface area is 92.4 Å². The van der Waals surface area contributed by atoms with Crippen molar-refractivity contribution in [1.29, 1.82) is 0 Å². The predicted molar refractivity (Wildman–Crippen MR) is 64.3 cm³/mol. The van der Waals surface area contributed by atoms with Gasteiger partial charge in [-0.05, 0) is 25.3 Å². The number of nitrogens with one attached hydrogen (secondary N) is 1. The molecule has 0 saturated carbocycles. The number of rotatable bonds is 8. The van der Waals surface area contributed by atoms with Gasteiger partial charge in [0.2, 0.25) is 5.91 Å². The summed E-state index contributed by atoms with van der Waals surface area (Å²) in [6, 6.07) is 0. The highest BCUT2D eigenvalue weighted by Gasteiger charge is 2.15. The first-order chi connectivity index (χ1) is 7.15. The van der Waals surface area contributed by atoms with Gasteiger partial charge in [0.1, 0.15) is 0 Å². The third kappa shape index (κ3) is 6.07. The van der Waals surface area contributed by atoms with Crippen LogP contribution in [-0.2, 0) is 4.79 Å². The van der Waals surface area contributed by atoms with Gasteiger partial charge in [-0.25, -0.2) is 0 Å². The fourth-order valence-corrected chi connectivity index (χ4v) is 1.22. The highest BCUT2D eigenvalue weighted by molar-refractivity contribution is 5.78. The van der Waals surface area contributed by atoms with Gasteiger partial charge in [0.25, 0.3) is 0 Å². The molecule has 86 valence electrons. The van der Waals surface area contributed by atoms with E-state index in [1.807, 2.05) is 6.92 Å². The summed E-state index contributed by atoms with van der Waals surface area (Å²) in [4.78, 5) is 11.7. The lowest BCUT2D eigenvalue weighted by molar-refractivity contribution is -0.124. The summed E-state index contributed by atoms with van der Waals surface area (Å²) in [6.45, 7) is 10.5. The molecule has 1 amide bonds. The number of amides is 1. The molecule has 0 aromatic heterocycles. The van der Waals surface area contributed by atoms with E-state index < -0.39 is 0 Å². The van der Waals surface area contributed by atoms with Crippen LogP contribution in [0.4, 0.5) is 0 Å². The minimum absolute atomic E-state index is 0.0371. The van der Waals surface area contributed by atoms with Gasteiger partial charge in [0, 0.05) is 12.5 Å². The molecule has 0 bridgehead atoms. The molecule has 3 N–H and O–H groups in total. The van der Waals surface area contributed by atoms with Gasteiger partial charge in [-0.15, -0.1) is 13.2 Å². The number of carbonyl (C=O) groups excluding carboxylic acids is 1.